The summed E-state index contributed by atoms with van der Waals surface area (Å²) in [5, 5.41) is 3.67. The number of methoxy groups -OCH3 is 1. The molecule has 1 saturated heterocycles. The Morgan fingerprint density at radius 3 is 2.60 bits per heavy atom. The molecule has 2 atom stereocenters. The number of benzene rings is 1. The lowest BCUT2D eigenvalue weighted by Gasteiger charge is -2.33. The van der Waals surface area contributed by atoms with Crippen molar-refractivity contribution >= 4 is 5.69 Å². The van der Waals surface area contributed by atoms with Crippen molar-refractivity contribution in [1.82, 2.24) is 4.90 Å². The number of ether oxygens (including phenoxy) is 1. The number of hydrogen-bond donors (Lipinski definition) is 1. The number of rotatable bonds is 5. The van der Waals surface area contributed by atoms with E-state index in [1.165, 1.54) is 37.2 Å². The van der Waals surface area contributed by atoms with E-state index in [4.69, 9.17) is 4.74 Å². The smallest absolute Gasteiger partial charge is 0.0793 e. The lowest BCUT2D eigenvalue weighted by Crippen LogP contribution is -2.37. The zero-order chi connectivity index (χ0) is 14.5. The van der Waals surface area contributed by atoms with E-state index in [9.17, 15) is 0 Å². The van der Waals surface area contributed by atoms with Crippen LogP contribution in [-0.2, 0) is 4.74 Å². The van der Waals surface area contributed by atoms with Gasteiger partial charge in [0.05, 0.1) is 6.10 Å². The number of anilines is 1. The quantitative estimate of drug-likeness (QED) is 0.890. The Balaban J connectivity index is 1.95. The maximum atomic E-state index is 5.39. The molecule has 3 heteroatoms. The van der Waals surface area contributed by atoms with Crippen LogP contribution in [0, 0.1) is 5.92 Å². The molecule has 0 saturated carbocycles. The summed E-state index contributed by atoms with van der Waals surface area (Å²) in [6.07, 6.45) is 2.73. The van der Waals surface area contributed by atoms with Crippen molar-refractivity contribution in [1.29, 1.82) is 0 Å². The molecule has 0 bridgehead atoms. The first-order valence-electron chi connectivity index (χ1n) is 7.68. The van der Waals surface area contributed by atoms with Gasteiger partial charge in [0, 0.05) is 18.8 Å². The lowest BCUT2D eigenvalue weighted by molar-refractivity contribution is 0.119. The zero-order valence-electron chi connectivity index (χ0n) is 13.2. The molecule has 1 N–H and O–H groups in total. The SMILES string of the molecule is CO[C@H](C)c1cccc(N[C@H](C)C2CCN(C)CC2)c1. The first kappa shape index (κ1) is 15.3. The minimum Gasteiger partial charge on any atom is -0.382 e. The number of nitrogens with one attached hydrogen (secondary N) is 1. The molecule has 3 nitrogen and oxygen atoms in total. The molecule has 1 aliphatic rings. The molecule has 0 aliphatic carbocycles. The van der Waals surface area contributed by atoms with Crippen molar-refractivity contribution < 1.29 is 4.74 Å². The van der Waals surface area contributed by atoms with E-state index in [-0.39, 0.29) is 6.10 Å². The largest absolute Gasteiger partial charge is 0.382 e. The van der Waals surface area contributed by atoms with Gasteiger partial charge in [-0.05, 0) is 70.4 Å². The highest BCUT2D eigenvalue weighted by atomic mass is 16.5. The fourth-order valence-corrected chi connectivity index (χ4v) is 2.93. The Morgan fingerprint density at radius 1 is 1.25 bits per heavy atom. The summed E-state index contributed by atoms with van der Waals surface area (Å²) in [4.78, 5) is 2.42. The molecule has 0 unspecified atom stereocenters. The van der Waals surface area contributed by atoms with Gasteiger partial charge in [0.25, 0.3) is 0 Å². The molecule has 1 aliphatic heterocycles. The lowest BCUT2D eigenvalue weighted by atomic mass is 9.90. The van der Waals surface area contributed by atoms with Gasteiger partial charge in [-0.25, -0.2) is 0 Å². The van der Waals surface area contributed by atoms with Crippen LogP contribution >= 0.6 is 0 Å². The molecule has 1 fully saturated rings. The monoisotopic (exact) mass is 276 g/mol. The van der Waals surface area contributed by atoms with Gasteiger partial charge in [0.15, 0.2) is 0 Å². The van der Waals surface area contributed by atoms with Crippen LogP contribution in [0.25, 0.3) is 0 Å². The van der Waals surface area contributed by atoms with Gasteiger partial charge in [-0.3, -0.25) is 0 Å². The maximum Gasteiger partial charge on any atom is 0.0793 e. The van der Waals surface area contributed by atoms with Gasteiger partial charge in [-0.1, -0.05) is 12.1 Å². The van der Waals surface area contributed by atoms with Crippen molar-refractivity contribution in [3.8, 4) is 0 Å². The van der Waals surface area contributed by atoms with Gasteiger partial charge in [0.1, 0.15) is 0 Å². The topological polar surface area (TPSA) is 24.5 Å². The van der Waals surface area contributed by atoms with E-state index in [1.54, 1.807) is 7.11 Å². The fourth-order valence-electron chi connectivity index (χ4n) is 2.93. The highest BCUT2D eigenvalue weighted by molar-refractivity contribution is 5.47. The molecule has 0 amide bonds. The molecule has 20 heavy (non-hydrogen) atoms. The number of hydrogen-bond acceptors (Lipinski definition) is 3. The molecule has 0 aromatic heterocycles. The summed E-state index contributed by atoms with van der Waals surface area (Å²) in [5.74, 6) is 0.773. The molecular formula is C17H28N2O. The minimum absolute atomic E-state index is 0.149. The highest BCUT2D eigenvalue weighted by Crippen LogP contribution is 2.24. The van der Waals surface area contributed by atoms with Crippen LogP contribution in [0.4, 0.5) is 5.69 Å². The number of likely N-dealkylation sites (tertiary alicyclic amines) is 1. The number of piperidine rings is 1. The Hall–Kier alpha value is -1.06. The second kappa shape index (κ2) is 7.09. The van der Waals surface area contributed by atoms with Crippen LogP contribution in [0.1, 0.15) is 38.4 Å². The van der Waals surface area contributed by atoms with Crippen molar-refractivity contribution in [2.24, 2.45) is 5.92 Å². The summed E-state index contributed by atoms with van der Waals surface area (Å²) in [7, 11) is 3.97. The normalized spacial score (nSPS) is 20.6. The van der Waals surface area contributed by atoms with Crippen LogP contribution in [0.15, 0.2) is 24.3 Å². The van der Waals surface area contributed by atoms with Crippen molar-refractivity contribution in [3.05, 3.63) is 29.8 Å². The average molecular weight is 276 g/mol. The van der Waals surface area contributed by atoms with E-state index >= 15 is 0 Å². The molecular weight excluding hydrogens is 248 g/mol. The third kappa shape index (κ3) is 3.97. The van der Waals surface area contributed by atoms with Gasteiger partial charge in [-0.2, -0.15) is 0 Å². The van der Waals surface area contributed by atoms with Crippen LogP contribution in [0.2, 0.25) is 0 Å². The average Bonchev–Trinajstić information content (AvgIpc) is 2.47. The van der Waals surface area contributed by atoms with Crippen molar-refractivity contribution in [2.75, 3.05) is 32.6 Å². The van der Waals surface area contributed by atoms with Crippen LogP contribution in [0.3, 0.4) is 0 Å². The second-order valence-corrected chi connectivity index (χ2v) is 6.08. The van der Waals surface area contributed by atoms with E-state index in [2.05, 4.69) is 55.4 Å². The summed E-state index contributed by atoms with van der Waals surface area (Å²) >= 11 is 0. The standard InChI is InChI=1S/C17H28N2O/c1-13(15-8-10-19(3)11-9-15)18-17-7-5-6-16(12-17)14(2)20-4/h5-7,12-15,18H,8-11H2,1-4H3/t13-,14-/m1/s1. The molecule has 0 radical (unpaired) electrons. The Bertz CT molecular complexity index is 413. The molecule has 0 spiro atoms. The maximum absolute atomic E-state index is 5.39. The predicted molar refractivity (Wildman–Crippen MR) is 85.2 cm³/mol. The Kier molecular flexibility index (Phi) is 5.44. The third-order valence-corrected chi connectivity index (χ3v) is 4.57. The Labute approximate surface area is 123 Å². The van der Waals surface area contributed by atoms with Gasteiger partial charge >= 0.3 is 0 Å². The molecule has 112 valence electrons. The van der Waals surface area contributed by atoms with E-state index in [0.717, 1.165) is 5.92 Å². The predicted octanol–water partition coefficient (Wildman–Crippen LogP) is 3.54. The highest BCUT2D eigenvalue weighted by Gasteiger charge is 2.22. The minimum atomic E-state index is 0.149. The van der Waals surface area contributed by atoms with E-state index < -0.39 is 0 Å². The van der Waals surface area contributed by atoms with Crippen LogP contribution in [-0.4, -0.2) is 38.2 Å². The summed E-state index contributed by atoms with van der Waals surface area (Å²) < 4.78 is 5.39. The molecule has 1 heterocycles. The van der Waals surface area contributed by atoms with Gasteiger partial charge < -0.3 is 15.0 Å². The van der Waals surface area contributed by atoms with Gasteiger partial charge in [0.2, 0.25) is 0 Å². The second-order valence-electron chi connectivity index (χ2n) is 6.08. The molecule has 1 aromatic carbocycles. The molecule has 1 aromatic rings. The van der Waals surface area contributed by atoms with E-state index in [0.29, 0.717) is 6.04 Å². The van der Waals surface area contributed by atoms with Crippen molar-refractivity contribution in [3.63, 3.8) is 0 Å². The molecule has 2 rings (SSSR count). The van der Waals surface area contributed by atoms with Gasteiger partial charge in [-0.15, -0.1) is 0 Å². The van der Waals surface area contributed by atoms with Crippen LogP contribution in [0.5, 0.6) is 0 Å². The number of nitrogens with zero attached hydrogens (tertiary/aromatic N) is 1. The van der Waals surface area contributed by atoms with E-state index in [1.807, 2.05) is 0 Å². The van der Waals surface area contributed by atoms with Crippen molar-refractivity contribution in [2.45, 2.75) is 38.8 Å². The fraction of sp³-hybridized carbons (Fsp3) is 0.647. The summed E-state index contributed by atoms with van der Waals surface area (Å²) in [5.41, 5.74) is 2.44. The zero-order valence-corrected chi connectivity index (χ0v) is 13.2. The summed E-state index contributed by atoms with van der Waals surface area (Å²) in [6, 6.07) is 9.11. The first-order chi connectivity index (χ1) is 9.60. The summed E-state index contributed by atoms with van der Waals surface area (Å²) in [6.45, 7) is 6.83. The van der Waals surface area contributed by atoms with Crippen LogP contribution < -0.4 is 5.32 Å². The first-order valence-corrected chi connectivity index (χ1v) is 7.68. The third-order valence-electron chi connectivity index (χ3n) is 4.57. The Morgan fingerprint density at radius 2 is 1.95 bits per heavy atom.